The molecular formula is C7H13N5S. The number of nitrogens with zero attached hydrogens (tertiary/aromatic N) is 3. The van der Waals surface area contributed by atoms with Gasteiger partial charge in [0.15, 0.2) is 0 Å². The Morgan fingerprint density at radius 1 is 1.85 bits per heavy atom. The first-order valence-corrected chi connectivity index (χ1v) is 5.11. The third kappa shape index (κ3) is 2.66. The monoisotopic (exact) mass is 199 g/mol. The highest BCUT2D eigenvalue weighted by molar-refractivity contribution is 7.96. The highest BCUT2D eigenvalue weighted by Crippen LogP contribution is 2.07. The van der Waals surface area contributed by atoms with E-state index in [1.54, 1.807) is 12.4 Å². The quantitative estimate of drug-likeness (QED) is 0.432. The van der Waals surface area contributed by atoms with E-state index in [9.17, 15) is 0 Å². The molecule has 0 spiro atoms. The SMILES string of the molecule is CCN(SC)C(N)=Nc1ncc[nH]1. The van der Waals surface area contributed by atoms with Crippen LogP contribution in [0.1, 0.15) is 6.92 Å². The van der Waals surface area contributed by atoms with Crippen molar-refractivity contribution in [1.29, 1.82) is 0 Å². The average molecular weight is 199 g/mol. The lowest BCUT2D eigenvalue weighted by molar-refractivity contribution is 0.707. The maximum Gasteiger partial charge on any atom is 0.230 e. The van der Waals surface area contributed by atoms with E-state index in [1.165, 1.54) is 11.9 Å². The number of H-pyrrole nitrogens is 1. The predicted molar refractivity (Wildman–Crippen MR) is 55.8 cm³/mol. The van der Waals surface area contributed by atoms with E-state index in [4.69, 9.17) is 5.73 Å². The molecule has 0 aliphatic heterocycles. The first-order chi connectivity index (χ1) is 6.27. The Morgan fingerprint density at radius 2 is 2.62 bits per heavy atom. The number of nitrogens with one attached hydrogen (secondary N) is 1. The van der Waals surface area contributed by atoms with Crippen LogP contribution in [0.5, 0.6) is 0 Å². The summed E-state index contributed by atoms with van der Waals surface area (Å²) in [6, 6.07) is 0. The van der Waals surface area contributed by atoms with Gasteiger partial charge >= 0.3 is 0 Å². The van der Waals surface area contributed by atoms with Gasteiger partial charge in [0.05, 0.1) is 0 Å². The van der Waals surface area contributed by atoms with Crippen LogP contribution in [0.15, 0.2) is 17.4 Å². The summed E-state index contributed by atoms with van der Waals surface area (Å²) in [6.45, 7) is 2.83. The highest BCUT2D eigenvalue weighted by atomic mass is 32.2. The molecule has 0 saturated heterocycles. The number of aromatic nitrogens is 2. The third-order valence-electron chi connectivity index (χ3n) is 1.47. The van der Waals surface area contributed by atoms with Crippen LogP contribution in [0, 0.1) is 0 Å². The van der Waals surface area contributed by atoms with Crippen molar-refractivity contribution in [2.75, 3.05) is 12.8 Å². The molecule has 0 saturated carbocycles. The van der Waals surface area contributed by atoms with Crippen LogP contribution < -0.4 is 5.73 Å². The molecule has 1 aromatic rings. The van der Waals surface area contributed by atoms with Crippen molar-refractivity contribution in [2.24, 2.45) is 10.7 Å². The number of nitrogens with two attached hydrogens (primary N) is 1. The van der Waals surface area contributed by atoms with Gasteiger partial charge in [0.25, 0.3) is 0 Å². The van der Waals surface area contributed by atoms with Crippen LogP contribution in [0.4, 0.5) is 5.95 Å². The Balaban J connectivity index is 2.70. The number of guanidine groups is 1. The molecule has 0 atom stereocenters. The lowest BCUT2D eigenvalue weighted by atomic mass is 10.7. The first-order valence-electron chi connectivity index (χ1n) is 3.93. The fraction of sp³-hybridized carbons (Fsp3) is 0.429. The molecule has 0 amide bonds. The van der Waals surface area contributed by atoms with Crippen molar-refractivity contribution in [3.63, 3.8) is 0 Å². The van der Waals surface area contributed by atoms with Crippen LogP contribution in [-0.4, -0.2) is 33.0 Å². The zero-order chi connectivity index (χ0) is 9.68. The Morgan fingerprint density at radius 3 is 3.08 bits per heavy atom. The molecule has 0 aliphatic carbocycles. The Hall–Kier alpha value is -1.17. The van der Waals surface area contributed by atoms with E-state index in [2.05, 4.69) is 15.0 Å². The summed E-state index contributed by atoms with van der Waals surface area (Å²) in [5, 5.41) is 0. The second-order valence-electron chi connectivity index (χ2n) is 2.26. The Kier molecular flexibility index (Phi) is 3.63. The summed E-state index contributed by atoms with van der Waals surface area (Å²) in [5.74, 6) is 0.995. The van der Waals surface area contributed by atoms with Crippen LogP contribution >= 0.6 is 11.9 Å². The summed E-state index contributed by atoms with van der Waals surface area (Å²) in [4.78, 5) is 10.9. The third-order valence-corrected chi connectivity index (χ3v) is 2.35. The topological polar surface area (TPSA) is 70.3 Å². The summed E-state index contributed by atoms with van der Waals surface area (Å²) < 4.78 is 1.88. The number of hydrogen-bond acceptors (Lipinski definition) is 3. The molecule has 1 heterocycles. The number of rotatable bonds is 3. The Bertz CT molecular complexity index is 264. The molecule has 5 nitrogen and oxygen atoms in total. The van der Waals surface area contributed by atoms with Gasteiger partial charge in [0.1, 0.15) is 0 Å². The minimum absolute atomic E-state index is 0.463. The van der Waals surface area contributed by atoms with E-state index in [0.717, 1.165) is 6.54 Å². The van der Waals surface area contributed by atoms with Gasteiger partial charge in [0, 0.05) is 25.2 Å². The number of hydrogen-bond donors (Lipinski definition) is 2. The average Bonchev–Trinajstić information content (AvgIpc) is 2.59. The molecule has 0 fully saturated rings. The first kappa shape index (κ1) is 9.91. The zero-order valence-corrected chi connectivity index (χ0v) is 8.51. The minimum atomic E-state index is 0.463. The second-order valence-corrected chi connectivity index (χ2v) is 3.07. The molecule has 0 aromatic carbocycles. The van der Waals surface area contributed by atoms with E-state index in [1.807, 2.05) is 17.5 Å². The lowest BCUT2D eigenvalue weighted by Crippen LogP contribution is -2.31. The fourth-order valence-corrected chi connectivity index (χ4v) is 1.35. The smallest absolute Gasteiger partial charge is 0.230 e. The van der Waals surface area contributed by atoms with E-state index >= 15 is 0 Å². The van der Waals surface area contributed by atoms with Crippen LogP contribution in [0.2, 0.25) is 0 Å². The predicted octanol–water partition coefficient (Wildman–Crippen LogP) is 0.956. The van der Waals surface area contributed by atoms with Crippen molar-refractivity contribution in [2.45, 2.75) is 6.92 Å². The van der Waals surface area contributed by atoms with Gasteiger partial charge in [-0.3, -0.25) is 4.31 Å². The van der Waals surface area contributed by atoms with E-state index in [0.29, 0.717) is 11.9 Å². The molecule has 3 N–H and O–H groups in total. The zero-order valence-electron chi connectivity index (χ0n) is 7.69. The van der Waals surface area contributed by atoms with Crippen LogP contribution in [0.25, 0.3) is 0 Å². The van der Waals surface area contributed by atoms with E-state index in [-0.39, 0.29) is 0 Å². The number of aliphatic imine (C=N–C) groups is 1. The van der Waals surface area contributed by atoms with Crippen LogP contribution in [-0.2, 0) is 0 Å². The minimum Gasteiger partial charge on any atom is -0.369 e. The maximum absolute atomic E-state index is 5.73. The van der Waals surface area contributed by atoms with Gasteiger partial charge in [-0.2, -0.15) is 4.99 Å². The second kappa shape index (κ2) is 4.76. The highest BCUT2D eigenvalue weighted by Gasteiger charge is 2.03. The summed E-state index contributed by atoms with van der Waals surface area (Å²) >= 11 is 1.54. The molecule has 13 heavy (non-hydrogen) atoms. The van der Waals surface area contributed by atoms with Gasteiger partial charge in [-0.15, -0.1) is 0 Å². The van der Waals surface area contributed by atoms with Crippen molar-refractivity contribution in [1.82, 2.24) is 14.3 Å². The number of imidazole rings is 1. The largest absolute Gasteiger partial charge is 0.369 e. The lowest BCUT2D eigenvalue weighted by Gasteiger charge is -2.16. The molecule has 0 unspecified atom stereocenters. The molecule has 72 valence electrons. The van der Waals surface area contributed by atoms with Gasteiger partial charge in [-0.05, 0) is 6.92 Å². The molecule has 1 aromatic heterocycles. The van der Waals surface area contributed by atoms with Crippen molar-refractivity contribution < 1.29 is 0 Å². The Labute approximate surface area is 81.6 Å². The van der Waals surface area contributed by atoms with Crippen LogP contribution in [0.3, 0.4) is 0 Å². The van der Waals surface area contributed by atoms with Gasteiger partial charge in [-0.25, -0.2) is 4.98 Å². The van der Waals surface area contributed by atoms with Crippen molar-refractivity contribution in [3.05, 3.63) is 12.4 Å². The standard InChI is InChI=1S/C7H13N5S/c1-3-12(13-2)6(8)11-7-9-4-5-10-7/h4-5H,3H2,1-2H3,(H3,8,9,10,11). The maximum atomic E-state index is 5.73. The van der Waals surface area contributed by atoms with Gasteiger partial charge in [-0.1, -0.05) is 11.9 Å². The van der Waals surface area contributed by atoms with Crippen molar-refractivity contribution >= 4 is 23.9 Å². The molecule has 1 rings (SSSR count). The summed E-state index contributed by atoms with van der Waals surface area (Å²) in [7, 11) is 0. The van der Waals surface area contributed by atoms with E-state index < -0.39 is 0 Å². The molecule has 6 heteroatoms. The fourth-order valence-electron chi connectivity index (χ4n) is 0.867. The summed E-state index contributed by atoms with van der Waals surface area (Å²) in [6.07, 6.45) is 5.30. The molecule has 0 bridgehead atoms. The normalized spacial score (nSPS) is 11.7. The van der Waals surface area contributed by atoms with Crippen molar-refractivity contribution in [3.8, 4) is 0 Å². The molecular weight excluding hydrogens is 186 g/mol. The van der Waals surface area contributed by atoms with Gasteiger partial charge < -0.3 is 10.7 Å². The summed E-state index contributed by atoms with van der Waals surface area (Å²) in [5.41, 5.74) is 5.73. The number of aromatic amines is 1. The molecule has 0 radical (unpaired) electrons. The molecule has 0 aliphatic rings. The van der Waals surface area contributed by atoms with Gasteiger partial charge in [0.2, 0.25) is 11.9 Å².